The van der Waals surface area contributed by atoms with Gasteiger partial charge in [0.05, 0.1) is 17.4 Å². The van der Waals surface area contributed by atoms with E-state index in [0.717, 1.165) is 37.4 Å². The molecule has 3 N–H and O–H groups in total. The average Bonchev–Trinajstić information content (AvgIpc) is 2.72. The first kappa shape index (κ1) is 13.7. The van der Waals surface area contributed by atoms with E-state index in [1.165, 1.54) is 0 Å². The predicted octanol–water partition coefficient (Wildman–Crippen LogP) is 0.438. The highest BCUT2D eigenvalue weighted by molar-refractivity contribution is 6.02. The number of aromatic nitrogens is 2. The molecule has 1 aliphatic rings. The minimum absolute atomic E-state index is 0.106. The van der Waals surface area contributed by atoms with Crippen LogP contribution in [0.15, 0.2) is 5.16 Å². The van der Waals surface area contributed by atoms with Gasteiger partial charge in [-0.2, -0.15) is 5.10 Å². The number of methoxy groups -OCH3 is 1. The van der Waals surface area contributed by atoms with E-state index in [1.807, 2.05) is 14.0 Å². The summed E-state index contributed by atoms with van der Waals surface area (Å²) >= 11 is 0. The molecule has 7 nitrogen and oxygen atoms in total. The van der Waals surface area contributed by atoms with Crippen LogP contribution in [0.1, 0.15) is 24.1 Å². The van der Waals surface area contributed by atoms with E-state index < -0.39 is 0 Å². The Balaban J connectivity index is 2.30. The average molecular weight is 267 g/mol. The monoisotopic (exact) mass is 267 g/mol. The molecule has 0 unspecified atom stereocenters. The highest BCUT2D eigenvalue weighted by atomic mass is 16.5. The van der Waals surface area contributed by atoms with Gasteiger partial charge < -0.3 is 20.6 Å². The maximum absolute atomic E-state index is 8.91. The molecule has 0 radical (unpaired) electrons. The summed E-state index contributed by atoms with van der Waals surface area (Å²) in [6.07, 6.45) is 2.25. The number of ether oxygens (including phenoxy) is 1. The summed E-state index contributed by atoms with van der Waals surface area (Å²) in [5.74, 6) is 1.01. The van der Waals surface area contributed by atoms with E-state index in [4.69, 9.17) is 15.7 Å². The van der Waals surface area contributed by atoms with Crippen LogP contribution in [0.4, 0.5) is 5.82 Å². The summed E-state index contributed by atoms with van der Waals surface area (Å²) in [6.45, 7) is 3.62. The molecule has 0 amide bonds. The number of nitrogens with zero attached hydrogens (tertiary/aromatic N) is 4. The topological polar surface area (TPSA) is 88.9 Å². The highest BCUT2D eigenvalue weighted by Gasteiger charge is 2.26. The van der Waals surface area contributed by atoms with Crippen molar-refractivity contribution in [3.05, 3.63) is 11.3 Å². The second-order valence-electron chi connectivity index (χ2n) is 4.81. The molecule has 0 atom stereocenters. The van der Waals surface area contributed by atoms with E-state index >= 15 is 0 Å². The number of hydrogen-bond acceptors (Lipinski definition) is 5. The van der Waals surface area contributed by atoms with Gasteiger partial charge in [-0.3, -0.25) is 4.68 Å². The van der Waals surface area contributed by atoms with Crippen LogP contribution in [0.3, 0.4) is 0 Å². The first-order chi connectivity index (χ1) is 9.08. The lowest BCUT2D eigenvalue weighted by Crippen LogP contribution is -2.38. The Morgan fingerprint density at radius 2 is 2.11 bits per heavy atom. The molecule has 19 heavy (non-hydrogen) atoms. The number of rotatable bonds is 3. The van der Waals surface area contributed by atoms with Crippen molar-refractivity contribution in [2.75, 3.05) is 25.1 Å². The fraction of sp³-hybridized carbons (Fsp3) is 0.667. The molecule has 1 saturated heterocycles. The Labute approximate surface area is 112 Å². The summed E-state index contributed by atoms with van der Waals surface area (Å²) in [5, 5.41) is 16.4. The Hall–Kier alpha value is -1.76. The van der Waals surface area contributed by atoms with Gasteiger partial charge in [0, 0.05) is 27.2 Å². The summed E-state index contributed by atoms with van der Waals surface area (Å²) in [4.78, 5) is 2.21. The summed E-state index contributed by atoms with van der Waals surface area (Å²) < 4.78 is 7.16. The van der Waals surface area contributed by atoms with E-state index in [2.05, 4.69) is 15.2 Å². The van der Waals surface area contributed by atoms with E-state index in [9.17, 15) is 0 Å². The van der Waals surface area contributed by atoms with Crippen molar-refractivity contribution in [3.63, 3.8) is 0 Å². The largest absolute Gasteiger partial charge is 0.409 e. The lowest BCUT2D eigenvalue weighted by atomic mass is 10.1. The Morgan fingerprint density at radius 1 is 1.47 bits per heavy atom. The molecular weight excluding hydrogens is 246 g/mol. The maximum atomic E-state index is 8.91. The van der Waals surface area contributed by atoms with Gasteiger partial charge in [-0.1, -0.05) is 5.16 Å². The maximum Gasteiger partial charge on any atom is 0.175 e. The number of amidine groups is 1. The van der Waals surface area contributed by atoms with Gasteiger partial charge in [-0.25, -0.2) is 0 Å². The SMILES string of the molecule is COC1CCN(c2c(/C(N)=N/O)c(C)nn2C)CC1. The molecule has 0 aliphatic carbocycles. The van der Waals surface area contributed by atoms with Crippen LogP contribution >= 0.6 is 0 Å². The van der Waals surface area contributed by atoms with Crippen molar-refractivity contribution in [3.8, 4) is 0 Å². The van der Waals surface area contributed by atoms with E-state index in [1.54, 1.807) is 11.8 Å². The molecule has 1 aromatic rings. The number of oxime groups is 1. The Kier molecular flexibility index (Phi) is 3.94. The molecule has 1 fully saturated rings. The van der Waals surface area contributed by atoms with Gasteiger partial charge in [0.15, 0.2) is 5.84 Å². The fourth-order valence-electron chi connectivity index (χ4n) is 2.66. The smallest absolute Gasteiger partial charge is 0.175 e. The van der Waals surface area contributed by atoms with Gasteiger partial charge in [-0.05, 0) is 19.8 Å². The quantitative estimate of drug-likeness (QED) is 0.359. The molecule has 1 aliphatic heterocycles. The first-order valence-corrected chi connectivity index (χ1v) is 6.37. The number of nitrogens with two attached hydrogens (primary N) is 1. The lowest BCUT2D eigenvalue weighted by Gasteiger charge is -2.33. The van der Waals surface area contributed by atoms with Gasteiger partial charge in [0.25, 0.3) is 0 Å². The molecule has 0 saturated carbocycles. The second-order valence-corrected chi connectivity index (χ2v) is 4.81. The molecule has 2 rings (SSSR count). The van der Waals surface area contributed by atoms with Gasteiger partial charge in [0.1, 0.15) is 5.82 Å². The van der Waals surface area contributed by atoms with Crippen molar-refractivity contribution < 1.29 is 9.94 Å². The third-order valence-electron chi connectivity index (χ3n) is 3.63. The zero-order valence-electron chi connectivity index (χ0n) is 11.6. The molecule has 0 spiro atoms. The van der Waals surface area contributed by atoms with Crippen molar-refractivity contribution in [2.24, 2.45) is 17.9 Å². The third-order valence-corrected chi connectivity index (χ3v) is 3.63. The molecule has 1 aromatic heterocycles. The van der Waals surface area contributed by atoms with Crippen LogP contribution in [0.2, 0.25) is 0 Å². The van der Waals surface area contributed by atoms with Crippen molar-refractivity contribution >= 4 is 11.7 Å². The van der Waals surface area contributed by atoms with Gasteiger partial charge in [-0.15, -0.1) is 0 Å². The van der Waals surface area contributed by atoms with Crippen molar-refractivity contribution in [1.29, 1.82) is 0 Å². The van der Waals surface area contributed by atoms with E-state index in [-0.39, 0.29) is 5.84 Å². The minimum atomic E-state index is 0.106. The normalized spacial score (nSPS) is 18.1. The molecule has 7 heteroatoms. The standard InChI is InChI=1S/C12H21N5O2/c1-8-10(11(13)15-18)12(16(2)14-8)17-6-4-9(19-3)5-7-17/h9,18H,4-7H2,1-3H3,(H2,13,15). The zero-order valence-corrected chi connectivity index (χ0v) is 11.6. The summed E-state index contributed by atoms with van der Waals surface area (Å²) in [7, 11) is 3.62. The fourth-order valence-corrected chi connectivity index (χ4v) is 2.66. The lowest BCUT2D eigenvalue weighted by molar-refractivity contribution is 0.0816. The summed E-state index contributed by atoms with van der Waals surface area (Å²) in [5.41, 5.74) is 7.24. The zero-order chi connectivity index (χ0) is 14.0. The van der Waals surface area contributed by atoms with Crippen LogP contribution in [0.25, 0.3) is 0 Å². The molecule has 0 bridgehead atoms. The first-order valence-electron chi connectivity index (χ1n) is 6.37. The predicted molar refractivity (Wildman–Crippen MR) is 72.7 cm³/mol. The summed E-state index contributed by atoms with van der Waals surface area (Å²) in [6, 6.07) is 0. The number of aryl methyl sites for hydroxylation is 2. The third kappa shape index (κ3) is 2.51. The van der Waals surface area contributed by atoms with Gasteiger partial charge in [0.2, 0.25) is 0 Å². The molecule has 0 aromatic carbocycles. The van der Waals surface area contributed by atoms with Gasteiger partial charge >= 0.3 is 0 Å². The number of anilines is 1. The minimum Gasteiger partial charge on any atom is -0.409 e. The second kappa shape index (κ2) is 5.48. The van der Waals surface area contributed by atoms with E-state index in [0.29, 0.717) is 11.7 Å². The van der Waals surface area contributed by atoms with Crippen molar-refractivity contribution in [2.45, 2.75) is 25.9 Å². The number of hydrogen-bond donors (Lipinski definition) is 2. The van der Waals surface area contributed by atoms with Crippen LogP contribution in [-0.4, -0.2) is 47.1 Å². The van der Waals surface area contributed by atoms with Crippen LogP contribution < -0.4 is 10.6 Å². The number of piperidine rings is 1. The van der Waals surface area contributed by atoms with Crippen LogP contribution in [0, 0.1) is 6.92 Å². The van der Waals surface area contributed by atoms with Crippen LogP contribution in [-0.2, 0) is 11.8 Å². The molecular formula is C12H21N5O2. The molecule has 2 heterocycles. The highest BCUT2D eigenvalue weighted by Crippen LogP contribution is 2.26. The molecule has 106 valence electrons. The Bertz CT molecular complexity index is 475. The van der Waals surface area contributed by atoms with Crippen molar-refractivity contribution in [1.82, 2.24) is 9.78 Å². The Morgan fingerprint density at radius 3 is 2.63 bits per heavy atom. The van der Waals surface area contributed by atoms with Crippen LogP contribution in [0.5, 0.6) is 0 Å².